The van der Waals surface area contributed by atoms with Gasteiger partial charge >= 0.3 is 0 Å². The number of benzene rings is 3. The normalized spacial score (nSPS) is 12.0. The van der Waals surface area contributed by atoms with Gasteiger partial charge in [-0.3, -0.25) is 14.2 Å². The van der Waals surface area contributed by atoms with Gasteiger partial charge in [0.05, 0.1) is 30.3 Å². The second-order valence-corrected chi connectivity index (χ2v) is 8.50. The molecule has 8 nitrogen and oxygen atoms in total. The van der Waals surface area contributed by atoms with Crippen molar-refractivity contribution in [3.05, 3.63) is 82.6 Å². The van der Waals surface area contributed by atoms with Crippen molar-refractivity contribution in [1.82, 2.24) is 9.55 Å². The van der Waals surface area contributed by atoms with Crippen molar-refractivity contribution in [2.45, 2.75) is 11.7 Å². The van der Waals surface area contributed by atoms with Crippen molar-refractivity contribution in [2.24, 2.45) is 0 Å². The average Bonchev–Trinajstić information content (AvgIpc) is 3.33. The van der Waals surface area contributed by atoms with Crippen LogP contribution in [0.3, 0.4) is 0 Å². The van der Waals surface area contributed by atoms with E-state index < -0.39 is 0 Å². The topological polar surface area (TPSA) is 91.7 Å². The number of amides is 1. The number of ether oxygens (including phenoxy) is 3. The standard InChI is InChI=1S/C25H21N3O5S/c1-31-18-9-6-16(7-10-18)13-28-24(30)19-4-2-3-5-20(19)27-25(28)34-14-23(29)26-17-8-11-21-22(12-17)33-15-32-21/h2-12H,13-15H2,1H3,(H,26,29). The number of fused-ring (bicyclic) bond motifs is 2. The molecule has 0 bridgehead atoms. The first-order chi connectivity index (χ1) is 16.6. The van der Waals surface area contributed by atoms with Crippen LogP contribution in [-0.4, -0.2) is 35.1 Å². The molecular formula is C25H21N3O5S. The summed E-state index contributed by atoms with van der Waals surface area (Å²) in [5.41, 5.74) is 1.97. The molecule has 0 atom stereocenters. The molecule has 3 aromatic carbocycles. The van der Waals surface area contributed by atoms with E-state index in [9.17, 15) is 9.59 Å². The van der Waals surface area contributed by atoms with E-state index in [1.165, 1.54) is 11.8 Å². The number of nitrogens with one attached hydrogen (secondary N) is 1. The summed E-state index contributed by atoms with van der Waals surface area (Å²) in [6, 6.07) is 19.9. The van der Waals surface area contributed by atoms with Crippen molar-refractivity contribution in [1.29, 1.82) is 0 Å². The minimum Gasteiger partial charge on any atom is -0.497 e. The molecule has 1 aliphatic rings. The summed E-state index contributed by atoms with van der Waals surface area (Å²) in [6.45, 7) is 0.495. The maximum atomic E-state index is 13.3. The fourth-order valence-corrected chi connectivity index (χ4v) is 4.41. The van der Waals surface area contributed by atoms with E-state index in [0.29, 0.717) is 39.8 Å². The molecule has 1 aliphatic heterocycles. The number of methoxy groups -OCH3 is 1. The Kier molecular flexibility index (Phi) is 6.09. The first-order valence-electron chi connectivity index (χ1n) is 10.6. The number of carbonyl (C=O) groups excluding carboxylic acids is 1. The average molecular weight is 476 g/mol. The highest BCUT2D eigenvalue weighted by molar-refractivity contribution is 7.99. The number of thioether (sulfide) groups is 1. The lowest BCUT2D eigenvalue weighted by atomic mass is 10.2. The fourth-order valence-electron chi connectivity index (χ4n) is 3.61. The van der Waals surface area contributed by atoms with Crippen LogP contribution < -0.4 is 25.1 Å². The maximum absolute atomic E-state index is 13.3. The number of nitrogens with zero attached hydrogens (tertiary/aromatic N) is 2. The van der Waals surface area contributed by atoms with Gasteiger partial charge in [0, 0.05) is 11.8 Å². The van der Waals surface area contributed by atoms with Gasteiger partial charge in [0.1, 0.15) is 5.75 Å². The van der Waals surface area contributed by atoms with Gasteiger partial charge in [-0.25, -0.2) is 4.98 Å². The number of anilines is 1. The Morgan fingerprint density at radius 2 is 1.88 bits per heavy atom. The van der Waals surface area contributed by atoms with E-state index in [4.69, 9.17) is 14.2 Å². The summed E-state index contributed by atoms with van der Waals surface area (Å²) >= 11 is 1.21. The van der Waals surface area contributed by atoms with Gasteiger partial charge in [-0.15, -0.1) is 0 Å². The lowest BCUT2D eigenvalue weighted by molar-refractivity contribution is -0.113. The van der Waals surface area contributed by atoms with Crippen molar-refractivity contribution < 1.29 is 19.0 Å². The molecule has 5 rings (SSSR count). The van der Waals surface area contributed by atoms with Crippen LogP contribution in [0.15, 0.2) is 76.7 Å². The Morgan fingerprint density at radius 3 is 2.71 bits per heavy atom. The van der Waals surface area contributed by atoms with Gasteiger partial charge in [-0.2, -0.15) is 0 Å². The summed E-state index contributed by atoms with van der Waals surface area (Å²) in [5, 5.41) is 3.86. The lowest BCUT2D eigenvalue weighted by Gasteiger charge is -2.14. The Morgan fingerprint density at radius 1 is 1.09 bits per heavy atom. The maximum Gasteiger partial charge on any atom is 0.262 e. The molecule has 1 N–H and O–H groups in total. The number of carbonyl (C=O) groups is 1. The molecular weight excluding hydrogens is 454 g/mol. The quantitative estimate of drug-likeness (QED) is 0.320. The first-order valence-corrected chi connectivity index (χ1v) is 11.5. The Balaban J connectivity index is 1.38. The zero-order chi connectivity index (χ0) is 23.5. The van der Waals surface area contributed by atoms with Gasteiger partial charge in [0.25, 0.3) is 5.56 Å². The molecule has 172 valence electrons. The molecule has 1 aromatic heterocycles. The predicted molar refractivity (Wildman–Crippen MR) is 130 cm³/mol. The van der Waals surface area contributed by atoms with Crippen LogP contribution in [0.2, 0.25) is 0 Å². The molecule has 9 heteroatoms. The largest absolute Gasteiger partial charge is 0.497 e. The molecule has 4 aromatic rings. The monoisotopic (exact) mass is 475 g/mol. The van der Waals surface area contributed by atoms with Crippen molar-refractivity contribution in [2.75, 3.05) is 25.0 Å². The summed E-state index contributed by atoms with van der Waals surface area (Å²) in [5.74, 6) is 1.84. The van der Waals surface area contributed by atoms with Crippen molar-refractivity contribution >= 4 is 34.3 Å². The Labute approximate surface area is 199 Å². The molecule has 1 amide bonds. The van der Waals surface area contributed by atoms with Gasteiger partial charge in [0.15, 0.2) is 16.7 Å². The van der Waals surface area contributed by atoms with E-state index in [2.05, 4.69) is 10.3 Å². The molecule has 0 saturated carbocycles. The number of aromatic nitrogens is 2. The zero-order valence-corrected chi connectivity index (χ0v) is 19.1. The van der Waals surface area contributed by atoms with E-state index >= 15 is 0 Å². The van der Waals surface area contributed by atoms with Gasteiger partial charge in [-0.05, 0) is 42.0 Å². The van der Waals surface area contributed by atoms with E-state index in [1.807, 2.05) is 36.4 Å². The lowest BCUT2D eigenvalue weighted by Crippen LogP contribution is -2.24. The van der Waals surface area contributed by atoms with Crippen LogP contribution in [0.5, 0.6) is 17.2 Å². The van der Waals surface area contributed by atoms with E-state index in [0.717, 1.165) is 11.3 Å². The Bertz CT molecular complexity index is 1420. The van der Waals surface area contributed by atoms with E-state index in [1.54, 1.807) is 42.0 Å². The summed E-state index contributed by atoms with van der Waals surface area (Å²) in [7, 11) is 1.61. The third-order valence-corrected chi connectivity index (χ3v) is 6.29. The van der Waals surface area contributed by atoms with E-state index in [-0.39, 0.29) is 24.0 Å². The summed E-state index contributed by atoms with van der Waals surface area (Å²) < 4.78 is 17.5. The molecule has 0 aliphatic carbocycles. The fraction of sp³-hybridized carbons (Fsp3) is 0.160. The van der Waals surface area contributed by atoms with Crippen LogP contribution in [0.25, 0.3) is 10.9 Å². The SMILES string of the molecule is COc1ccc(Cn2c(SCC(=O)Nc3ccc4c(c3)OCO4)nc3ccccc3c2=O)cc1. The molecule has 0 fully saturated rings. The number of rotatable bonds is 7. The van der Waals surface area contributed by atoms with Crippen LogP contribution in [-0.2, 0) is 11.3 Å². The highest BCUT2D eigenvalue weighted by Gasteiger charge is 2.16. The van der Waals surface area contributed by atoms with Crippen LogP contribution >= 0.6 is 11.8 Å². The van der Waals surface area contributed by atoms with Crippen molar-refractivity contribution in [3.8, 4) is 17.2 Å². The predicted octanol–water partition coefficient (Wildman–Crippen LogP) is 3.91. The third kappa shape index (κ3) is 4.55. The minimum absolute atomic E-state index is 0.0852. The highest BCUT2D eigenvalue weighted by Crippen LogP contribution is 2.34. The molecule has 34 heavy (non-hydrogen) atoms. The Hall–Kier alpha value is -3.98. The second-order valence-electron chi connectivity index (χ2n) is 7.56. The van der Waals surface area contributed by atoms with Gasteiger partial charge in [-0.1, -0.05) is 36.0 Å². The summed E-state index contributed by atoms with van der Waals surface area (Å²) in [6.07, 6.45) is 0. The zero-order valence-electron chi connectivity index (χ0n) is 18.3. The molecule has 0 unspecified atom stereocenters. The number of hydrogen-bond donors (Lipinski definition) is 1. The first kappa shape index (κ1) is 21.8. The molecule has 0 saturated heterocycles. The second kappa shape index (κ2) is 9.48. The van der Waals surface area contributed by atoms with Crippen molar-refractivity contribution in [3.63, 3.8) is 0 Å². The molecule has 0 radical (unpaired) electrons. The molecule has 0 spiro atoms. The molecule has 2 heterocycles. The smallest absolute Gasteiger partial charge is 0.262 e. The van der Waals surface area contributed by atoms with Gasteiger partial charge in [0.2, 0.25) is 12.7 Å². The van der Waals surface area contributed by atoms with Crippen LogP contribution in [0.4, 0.5) is 5.69 Å². The third-order valence-electron chi connectivity index (χ3n) is 5.32. The summed E-state index contributed by atoms with van der Waals surface area (Å²) in [4.78, 5) is 30.6. The number of para-hydroxylation sites is 1. The highest BCUT2D eigenvalue weighted by atomic mass is 32.2. The van der Waals surface area contributed by atoms with Gasteiger partial charge < -0.3 is 19.5 Å². The minimum atomic E-state index is -0.220. The van der Waals surface area contributed by atoms with Crippen LogP contribution in [0, 0.1) is 0 Å². The number of hydrogen-bond acceptors (Lipinski definition) is 7. The van der Waals surface area contributed by atoms with Crippen LogP contribution in [0.1, 0.15) is 5.56 Å².